The van der Waals surface area contributed by atoms with Crippen LogP contribution in [0.15, 0.2) is 88.1 Å². The number of nitrogens with zero attached hydrogens (tertiary/aromatic N) is 4. The van der Waals surface area contributed by atoms with E-state index in [9.17, 15) is 14.4 Å². The Morgan fingerprint density at radius 1 is 0.917 bits per heavy atom. The highest BCUT2D eigenvalue weighted by molar-refractivity contribution is 9.10. The van der Waals surface area contributed by atoms with E-state index in [1.165, 1.54) is 11.3 Å². The minimum absolute atomic E-state index is 0.0457. The van der Waals surface area contributed by atoms with E-state index in [0.717, 1.165) is 30.9 Å². The minimum Gasteiger partial charge on any atom is -0.497 e. The number of aryl methyl sites for hydroxylation is 1. The van der Waals surface area contributed by atoms with Crippen LogP contribution >= 0.6 is 15.9 Å². The molecular weight excluding hydrogens is 670 g/mol. The molecule has 1 N–H and O–H groups in total. The molecule has 0 unspecified atom stereocenters. The van der Waals surface area contributed by atoms with Crippen molar-refractivity contribution in [2.45, 2.75) is 38.8 Å². The number of amides is 2. The molecule has 48 heavy (non-hydrogen) atoms. The Kier molecular flexibility index (Phi) is 8.76. The summed E-state index contributed by atoms with van der Waals surface area (Å²) < 4.78 is 7.95. The van der Waals surface area contributed by atoms with E-state index < -0.39 is 0 Å². The van der Waals surface area contributed by atoms with Crippen molar-refractivity contribution in [3.8, 4) is 5.75 Å². The number of rotatable bonds is 6. The third-order valence-corrected chi connectivity index (χ3v) is 10.7. The number of piperazine rings is 1. The molecule has 0 aliphatic carbocycles. The molecule has 3 atom stereocenters. The maximum absolute atomic E-state index is 14.0. The largest absolute Gasteiger partial charge is 0.497 e. The fraction of sp³-hybridized carbons (Fsp3) is 0.342. The second-order valence-corrected chi connectivity index (χ2v) is 14.1. The molecule has 0 radical (unpaired) electrons. The summed E-state index contributed by atoms with van der Waals surface area (Å²) in [6.45, 7) is 8.31. The first-order valence-electron chi connectivity index (χ1n) is 16.5. The van der Waals surface area contributed by atoms with Gasteiger partial charge >= 0.3 is 0 Å². The third kappa shape index (κ3) is 6.21. The number of carbonyl (C=O) groups is 2. The van der Waals surface area contributed by atoms with Crippen LogP contribution in [0.2, 0.25) is 0 Å². The van der Waals surface area contributed by atoms with Crippen molar-refractivity contribution in [3.63, 3.8) is 0 Å². The van der Waals surface area contributed by atoms with Gasteiger partial charge in [-0.25, -0.2) is 0 Å². The second kappa shape index (κ2) is 13.1. The standard InChI is InChI=1S/C38H40BrN5O4/c1-24-6-4-7-29(16-24)43-15-14-41(20-25(43)2)38(47)27-10-13-35(33(18-27)40-37(46)31-19-30(48-3)11-12-32(31)39)42-21-26-17-28(23-42)34-8-5-9-36(45)44(34)22-26/h4-13,16,18-19,25-26,28H,14-15,17,20-23H2,1-3H3,(H,40,46)/t25-,26-,28+/m1/s1. The van der Waals surface area contributed by atoms with Crippen molar-refractivity contribution in [1.29, 1.82) is 0 Å². The summed E-state index contributed by atoms with van der Waals surface area (Å²) >= 11 is 3.52. The van der Waals surface area contributed by atoms with Gasteiger partial charge in [-0.05, 0) is 102 Å². The van der Waals surface area contributed by atoms with Crippen LogP contribution in [0.25, 0.3) is 0 Å². The van der Waals surface area contributed by atoms with Crippen LogP contribution in [-0.4, -0.2) is 67.2 Å². The average Bonchev–Trinajstić information content (AvgIpc) is 3.08. The van der Waals surface area contributed by atoms with Crippen molar-refractivity contribution in [2.24, 2.45) is 5.92 Å². The van der Waals surface area contributed by atoms with Gasteiger partial charge in [-0.1, -0.05) is 18.2 Å². The molecule has 2 saturated heterocycles. The van der Waals surface area contributed by atoms with Gasteiger partial charge in [0.25, 0.3) is 17.4 Å². The second-order valence-electron chi connectivity index (χ2n) is 13.3. The maximum atomic E-state index is 14.0. The monoisotopic (exact) mass is 709 g/mol. The molecular formula is C38H40BrN5O4. The number of fused-ring (bicyclic) bond motifs is 4. The van der Waals surface area contributed by atoms with Gasteiger partial charge in [-0.2, -0.15) is 0 Å². The van der Waals surface area contributed by atoms with Gasteiger partial charge in [0.1, 0.15) is 5.75 Å². The molecule has 248 valence electrons. The number of benzene rings is 3. The maximum Gasteiger partial charge on any atom is 0.257 e. The van der Waals surface area contributed by atoms with Crippen molar-refractivity contribution < 1.29 is 14.3 Å². The predicted molar refractivity (Wildman–Crippen MR) is 193 cm³/mol. The van der Waals surface area contributed by atoms with E-state index >= 15 is 0 Å². The summed E-state index contributed by atoms with van der Waals surface area (Å²) in [5, 5.41) is 3.15. The lowest BCUT2D eigenvalue weighted by Crippen LogP contribution is -2.53. The number of nitrogens with one attached hydrogen (secondary N) is 1. The first-order valence-corrected chi connectivity index (χ1v) is 17.3. The minimum atomic E-state index is -0.305. The first kappa shape index (κ1) is 32.0. The van der Waals surface area contributed by atoms with E-state index in [1.807, 2.05) is 33.7 Å². The van der Waals surface area contributed by atoms with Crippen LogP contribution in [-0.2, 0) is 6.54 Å². The van der Waals surface area contributed by atoms with E-state index in [1.54, 1.807) is 31.4 Å². The lowest BCUT2D eigenvalue weighted by atomic mass is 9.83. The zero-order valence-corrected chi connectivity index (χ0v) is 29.1. The summed E-state index contributed by atoms with van der Waals surface area (Å²) in [4.78, 5) is 47.0. The van der Waals surface area contributed by atoms with E-state index in [-0.39, 0.29) is 29.3 Å². The lowest BCUT2D eigenvalue weighted by molar-refractivity contribution is 0.0726. The number of halogens is 1. The molecule has 9 nitrogen and oxygen atoms in total. The summed E-state index contributed by atoms with van der Waals surface area (Å²) in [6.07, 6.45) is 1.02. The number of methoxy groups -OCH3 is 1. The third-order valence-electron chi connectivity index (χ3n) is 9.98. The number of ether oxygens (including phenoxy) is 1. The quantitative estimate of drug-likeness (QED) is 0.258. The molecule has 2 bridgehead atoms. The van der Waals surface area contributed by atoms with Crippen LogP contribution in [0.5, 0.6) is 5.75 Å². The molecule has 1 aromatic heterocycles. The Labute approximate surface area is 289 Å². The van der Waals surface area contributed by atoms with Gasteiger partial charge in [0.15, 0.2) is 0 Å². The summed E-state index contributed by atoms with van der Waals surface area (Å²) in [5.41, 5.74) is 5.89. The van der Waals surface area contributed by atoms with Crippen molar-refractivity contribution in [2.75, 3.05) is 55.0 Å². The van der Waals surface area contributed by atoms with Crippen LogP contribution in [0.1, 0.15) is 51.2 Å². The topological polar surface area (TPSA) is 87.1 Å². The van der Waals surface area contributed by atoms with Gasteiger partial charge in [-0.3, -0.25) is 14.4 Å². The SMILES string of the molecule is COc1ccc(Br)c(C(=O)Nc2cc(C(=O)N3CCN(c4cccc(C)c4)[C@H](C)C3)ccc2N2C[C@H]3C[C@@H](C2)c2cccc(=O)n2C3)c1. The van der Waals surface area contributed by atoms with Crippen molar-refractivity contribution in [1.82, 2.24) is 9.47 Å². The Morgan fingerprint density at radius 2 is 1.75 bits per heavy atom. The molecule has 3 aliphatic heterocycles. The number of aromatic nitrogens is 1. The molecule has 7 rings (SSSR count). The molecule has 10 heteroatoms. The zero-order chi connectivity index (χ0) is 33.5. The first-order chi connectivity index (χ1) is 23.2. The Bertz CT molecular complexity index is 1940. The molecule has 4 heterocycles. The number of hydrogen-bond acceptors (Lipinski definition) is 6. The molecule has 4 aromatic rings. The predicted octanol–water partition coefficient (Wildman–Crippen LogP) is 6.15. The van der Waals surface area contributed by atoms with Crippen molar-refractivity contribution in [3.05, 3.63) is 116 Å². The normalized spacial score (nSPS) is 20.2. The number of hydrogen-bond donors (Lipinski definition) is 1. The summed E-state index contributed by atoms with van der Waals surface area (Å²) in [6, 6.07) is 25.1. The smallest absolute Gasteiger partial charge is 0.257 e. The Hall–Kier alpha value is -4.57. The molecule has 3 aliphatic rings. The molecule has 0 saturated carbocycles. The highest BCUT2D eigenvalue weighted by Gasteiger charge is 2.36. The van der Waals surface area contributed by atoms with Gasteiger partial charge < -0.3 is 29.3 Å². The zero-order valence-electron chi connectivity index (χ0n) is 27.5. The molecule has 2 fully saturated rings. The highest BCUT2D eigenvalue weighted by atomic mass is 79.9. The van der Waals surface area contributed by atoms with Crippen LogP contribution < -0.4 is 25.4 Å². The molecule has 3 aromatic carbocycles. The Morgan fingerprint density at radius 3 is 2.54 bits per heavy atom. The Balaban J connectivity index is 1.18. The number of anilines is 3. The van der Waals surface area contributed by atoms with E-state index in [4.69, 9.17) is 4.74 Å². The summed E-state index contributed by atoms with van der Waals surface area (Å²) in [7, 11) is 1.57. The summed E-state index contributed by atoms with van der Waals surface area (Å²) in [5.74, 6) is 0.694. The molecule has 0 spiro atoms. The van der Waals surface area contributed by atoms with Gasteiger partial charge in [0, 0.05) is 78.7 Å². The number of pyridine rings is 1. The lowest BCUT2D eigenvalue weighted by Gasteiger charge is -2.44. The van der Waals surface area contributed by atoms with Gasteiger partial charge in [0.2, 0.25) is 0 Å². The van der Waals surface area contributed by atoms with E-state index in [0.29, 0.717) is 59.1 Å². The highest BCUT2D eigenvalue weighted by Crippen LogP contribution is 2.40. The average molecular weight is 711 g/mol. The van der Waals surface area contributed by atoms with Crippen LogP contribution in [0.4, 0.5) is 17.1 Å². The van der Waals surface area contributed by atoms with E-state index in [2.05, 4.69) is 75.2 Å². The van der Waals surface area contributed by atoms with Crippen LogP contribution in [0, 0.1) is 12.8 Å². The van der Waals surface area contributed by atoms with Crippen LogP contribution in [0.3, 0.4) is 0 Å². The fourth-order valence-corrected chi connectivity index (χ4v) is 8.07. The number of carbonyl (C=O) groups excluding carboxylic acids is 2. The number of piperidine rings is 1. The fourth-order valence-electron chi connectivity index (χ4n) is 7.65. The van der Waals surface area contributed by atoms with Crippen molar-refractivity contribution >= 4 is 44.8 Å². The van der Waals surface area contributed by atoms with Gasteiger partial charge in [-0.15, -0.1) is 0 Å². The molecule has 2 amide bonds. The van der Waals surface area contributed by atoms with Gasteiger partial charge in [0.05, 0.1) is 24.0 Å².